The van der Waals surface area contributed by atoms with Crippen LogP contribution in [0.3, 0.4) is 0 Å². The van der Waals surface area contributed by atoms with Crippen LogP contribution in [0, 0.1) is 0 Å². The Kier molecular flexibility index (Phi) is 6.45. The van der Waals surface area contributed by atoms with E-state index in [9.17, 15) is 4.79 Å². The number of hydrogen-bond donors (Lipinski definition) is 2. The summed E-state index contributed by atoms with van der Waals surface area (Å²) in [5.41, 5.74) is 1.75. The van der Waals surface area contributed by atoms with Crippen LogP contribution in [-0.4, -0.2) is 22.0 Å². The van der Waals surface area contributed by atoms with Gasteiger partial charge in [0, 0.05) is 17.8 Å². The van der Waals surface area contributed by atoms with Gasteiger partial charge in [-0.3, -0.25) is 4.79 Å². The number of benzene rings is 2. The molecule has 3 rings (SSSR count). The quantitative estimate of drug-likeness (QED) is 0.601. The van der Waals surface area contributed by atoms with Crippen molar-refractivity contribution in [2.24, 2.45) is 0 Å². The molecule has 0 fully saturated rings. The molecule has 7 heteroatoms. The smallest absolute Gasteiger partial charge is 0.274 e. The highest BCUT2D eigenvalue weighted by Gasteiger charge is 2.13. The van der Waals surface area contributed by atoms with Crippen LogP contribution in [0.2, 0.25) is 5.02 Å². The number of nitrogens with zero attached hydrogens (tertiary/aromatic N) is 2. The van der Waals surface area contributed by atoms with Gasteiger partial charge in [-0.2, -0.15) is 0 Å². The van der Waals surface area contributed by atoms with Crippen molar-refractivity contribution in [1.29, 1.82) is 0 Å². The van der Waals surface area contributed by atoms with Crippen LogP contribution in [-0.2, 0) is 6.54 Å². The molecule has 6 nitrogen and oxygen atoms in total. The van der Waals surface area contributed by atoms with Gasteiger partial charge in [-0.25, -0.2) is 9.97 Å². The number of para-hydroxylation sites is 2. The van der Waals surface area contributed by atoms with Gasteiger partial charge in [0.15, 0.2) is 0 Å². The van der Waals surface area contributed by atoms with E-state index in [-0.39, 0.29) is 17.7 Å². The van der Waals surface area contributed by atoms with Gasteiger partial charge in [0.2, 0.25) is 5.95 Å². The molecule has 0 aliphatic rings. The van der Waals surface area contributed by atoms with E-state index in [4.69, 9.17) is 16.3 Å². The number of anilines is 2. The Labute approximate surface area is 168 Å². The van der Waals surface area contributed by atoms with Gasteiger partial charge in [-0.05, 0) is 43.7 Å². The fraction of sp³-hybridized carbons (Fsp3) is 0.190. The first-order valence-electron chi connectivity index (χ1n) is 8.90. The number of hydrogen-bond acceptors (Lipinski definition) is 5. The molecule has 28 heavy (non-hydrogen) atoms. The van der Waals surface area contributed by atoms with Crippen LogP contribution in [0.4, 0.5) is 11.6 Å². The highest BCUT2D eigenvalue weighted by atomic mass is 35.5. The molecule has 144 valence electrons. The summed E-state index contributed by atoms with van der Waals surface area (Å²) in [6.45, 7) is 4.32. The Morgan fingerprint density at radius 1 is 1.11 bits per heavy atom. The Morgan fingerprint density at radius 2 is 1.86 bits per heavy atom. The third-order valence-corrected chi connectivity index (χ3v) is 4.15. The third-order valence-electron chi connectivity index (χ3n) is 3.78. The summed E-state index contributed by atoms with van der Waals surface area (Å²) in [4.78, 5) is 21.1. The Balaban J connectivity index is 1.70. The summed E-state index contributed by atoms with van der Waals surface area (Å²) in [6, 6.07) is 16.4. The third kappa shape index (κ3) is 5.20. The van der Waals surface area contributed by atoms with Crippen LogP contribution < -0.4 is 15.4 Å². The van der Waals surface area contributed by atoms with Crippen LogP contribution in [0.5, 0.6) is 5.75 Å². The summed E-state index contributed by atoms with van der Waals surface area (Å²) < 4.78 is 5.73. The Bertz CT molecular complexity index is 962. The summed E-state index contributed by atoms with van der Waals surface area (Å²) in [6.07, 6.45) is 1.53. The number of halogens is 1. The molecular weight excluding hydrogens is 376 g/mol. The maximum absolute atomic E-state index is 12.6. The molecule has 0 bridgehead atoms. The zero-order valence-corrected chi connectivity index (χ0v) is 16.4. The molecule has 0 aliphatic carbocycles. The number of rotatable bonds is 7. The number of carbonyl (C=O) groups is 1. The van der Waals surface area contributed by atoms with Gasteiger partial charge in [0.1, 0.15) is 11.4 Å². The predicted molar refractivity (Wildman–Crippen MR) is 111 cm³/mol. The van der Waals surface area contributed by atoms with Crippen LogP contribution in [0.25, 0.3) is 0 Å². The van der Waals surface area contributed by atoms with Gasteiger partial charge in [-0.15, -0.1) is 0 Å². The van der Waals surface area contributed by atoms with E-state index in [2.05, 4.69) is 20.6 Å². The molecule has 1 aromatic heterocycles. The first-order valence-corrected chi connectivity index (χ1v) is 9.28. The molecule has 0 aliphatic heterocycles. The first kappa shape index (κ1) is 19.6. The monoisotopic (exact) mass is 396 g/mol. The van der Waals surface area contributed by atoms with Gasteiger partial charge in [0.05, 0.1) is 11.8 Å². The van der Waals surface area contributed by atoms with Crippen LogP contribution >= 0.6 is 11.6 Å². The fourth-order valence-electron chi connectivity index (χ4n) is 2.50. The van der Waals surface area contributed by atoms with Crippen molar-refractivity contribution in [3.8, 4) is 5.75 Å². The maximum atomic E-state index is 12.6. The molecule has 2 aromatic carbocycles. The van der Waals surface area contributed by atoms with E-state index in [1.165, 1.54) is 6.20 Å². The number of ether oxygens (including phenoxy) is 1. The highest BCUT2D eigenvalue weighted by molar-refractivity contribution is 6.31. The summed E-state index contributed by atoms with van der Waals surface area (Å²) in [5, 5.41) is 6.58. The molecule has 0 saturated heterocycles. The highest BCUT2D eigenvalue weighted by Crippen LogP contribution is 2.25. The van der Waals surface area contributed by atoms with Gasteiger partial charge in [-0.1, -0.05) is 41.9 Å². The molecule has 2 N–H and O–H groups in total. The standard InChI is InChI=1S/C21H21ClN4O2/c1-14(2)28-19-10-6-5-9-17(19)25-20(27)18-11-12-23-21(26-18)24-13-15-7-3-4-8-16(15)22/h3-12,14H,13H2,1-2H3,(H,25,27)(H,23,24,26). The molecule has 0 spiro atoms. The zero-order valence-electron chi connectivity index (χ0n) is 15.6. The van der Waals surface area contributed by atoms with Crippen molar-refractivity contribution in [2.45, 2.75) is 26.5 Å². The number of carbonyl (C=O) groups excluding carboxylic acids is 1. The average molecular weight is 397 g/mol. The minimum Gasteiger partial charge on any atom is -0.489 e. The maximum Gasteiger partial charge on any atom is 0.274 e. The molecule has 0 unspecified atom stereocenters. The van der Waals surface area contributed by atoms with E-state index in [1.807, 2.05) is 56.3 Å². The summed E-state index contributed by atoms with van der Waals surface area (Å²) in [5.74, 6) is 0.610. The van der Waals surface area contributed by atoms with Crippen molar-refractivity contribution in [1.82, 2.24) is 9.97 Å². The van der Waals surface area contributed by atoms with Gasteiger partial charge >= 0.3 is 0 Å². The lowest BCUT2D eigenvalue weighted by Crippen LogP contribution is -2.17. The predicted octanol–water partition coefficient (Wildman–Crippen LogP) is 4.78. The van der Waals surface area contributed by atoms with Crippen molar-refractivity contribution in [3.05, 3.63) is 77.1 Å². The largest absolute Gasteiger partial charge is 0.489 e. The molecule has 0 saturated carbocycles. The fourth-order valence-corrected chi connectivity index (χ4v) is 2.70. The molecule has 0 radical (unpaired) electrons. The molecule has 0 atom stereocenters. The normalized spacial score (nSPS) is 10.6. The van der Waals surface area contributed by atoms with Gasteiger partial charge in [0.25, 0.3) is 5.91 Å². The van der Waals surface area contributed by atoms with E-state index < -0.39 is 0 Å². The van der Waals surface area contributed by atoms with Crippen LogP contribution in [0.1, 0.15) is 29.9 Å². The van der Waals surface area contributed by atoms with E-state index >= 15 is 0 Å². The second kappa shape index (κ2) is 9.19. The molecule has 1 amide bonds. The van der Waals surface area contributed by atoms with Crippen molar-refractivity contribution in [2.75, 3.05) is 10.6 Å². The van der Waals surface area contributed by atoms with Gasteiger partial charge < -0.3 is 15.4 Å². The van der Waals surface area contributed by atoms with Crippen LogP contribution in [0.15, 0.2) is 60.8 Å². The van der Waals surface area contributed by atoms with Crippen molar-refractivity contribution >= 4 is 29.1 Å². The lowest BCUT2D eigenvalue weighted by molar-refractivity contribution is 0.102. The zero-order chi connectivity index (χ0) is 19.9. The van der Waals surface area contributed by atoms with Crippen molar-refractivity contribution in [3.63, 3.8) is 0 Å². The Hall–Kier alpha value is -3.12. The van der Waals surface area contributed by atoms with E-state index in [0.717, 1.165) is 5.56 Å². The van der Waals surface area contributed by atoms with E-state index in [0.29, 0.717) is 29.0 Å². The average Bonchev–Trinajstić information content (AvgIpc) is 2.69. The summed E-state index contributed by atoms with van der Waals surface area (Å²) >= 11 is 6.16. The SMILES string of the molecule is CC(C)Oc1ccccc1NC(=O)c1ccnc(NCc2ccccc2Cl)n1. The van der Waals surface area contributed by atoms with E-state index in [1.54, 1.807) is 12.1 Å². The molecular formula is C21H21ClN4O2. The number of amides is 1. The molecule has 1 heterocycles. The number of aromatic nitrogens is 2. The molecule has 3 aromatic rings. The van der Waals surface area contributed by atoms with Crippen molar-refractivity contribution < 1.29 is 9.53 Å². The minimum absolute atomic E-state index is 0.00212. The number of nitrogens with one attached hydrogen (secondary N) is 2. The minimum atomic E-state index is -0.344. The lowest BCUT2D eigenvalue weighted by Gasteiger charge is -2.14. The topological polar surface area (TPSA) is 76.1 Å². The second-order valence-corrected chi connectivity index (χ2v) is 6.73. The summed E-state index contributed by atoms with van der Waals surface area (Å²) in [7, 11) is 0. The first-order chi connectivity index (χ1) is 13.5. The second-order valence-electron chi connectivity index (χ2n) is 6.33. The lowest BCUT2D eigenvalue weighted by atomic mass is 10.2. The Morgan fingerprint density at radius 3 is 2.64 bits per heavy atom.